The summed E-state index contributed by atoms with van der Waals surface area (Å²) in [5.74, 6) is 0.0240. The van der Waals surface area contributed by atoms with Crippen molar-refractivity contribution in [2.45, 2.75) is 271 Å². The first-order valence-corrected chi connectivity index (χ1v) is 29.9. The molecule has 0 bridgehead atoms. The number of unbranched alkanes of at least 4 members (excludes halogenated alkanes) is 28. The van der Waals surface area contributed by atoms with Gasteiger partial charge in [0.25, 0.3) is 0 Å². The summed E-state index contributed by atoms with van der Waals surface area (Å²) < 4.78 is 24.4. The molecule has 414 valence electrons. The summed E-state index contributed by atoms with van der Waals surface area (Å²) in [4.78, 5) is 54.5. The van der Waals surface area contributed by atoms with E-state index in [1.807, 2.05) is 35.9 Å². The van der Waals surface area contributed by atoms with Crippen LogP contribution < -0.4 is 4.74 Å². The molecule has 0 aliphatic heterocycles. The molecule has 10 heteroatoms. The molecule has 1 aromatic heterocycles. The van der Waals surface area contributed by atoms with Crippen molar-refractivity contribution in [2.75, 3.05) is 41.0 Å². The Kier molecular flexibility index (Phi) is 38.6. The Morgan fingerprint density at radius 2 is 0.986 bits per heavy atom. The SMILES string of the molecule is CCCCCCCCCCCCCCCC(=O)OCC(COC(=O)CCCCCCCCCCCCCCC)OC(=O)CC(C)CCCCCCCC(C)C(=O)n1cc(CCN(C)C)c2cc(OC)ccc21. The highest BCUT2D eigenvalue weighted by Gasteiger charge is 2.22. The van der Waals surface area contributed by atoms with E-state index in [-0.39, 0.29) is 55.3 Å². The number of carbonyl (C=O) groups is 4. The van der Waals surface area contributed by atoms with Crippen LogP contribution in [-0.2, 0) is 35.0 Å². The molecular formula is C62H108N2O8. The number of nitrogens with zero attached hydrogens (tertiary/aromatic N) is 2. The highest BCUT2D eigenvalue weighted by Crippen LogP contribution is 2.28. The fourth-order valence-corrected chi connectivity index (χ4v) is 9.79. The van der Waals surface area contributed by atoms with E-state index in [1.165, 1.54) is 128 Å². The number of likely N-dealkylation sites (N-methyl/N-ethyl adjacent to an activating group) is 1. The van der Waals surface area contributed by atoms with Crippen LogP contribution in [0, 0.1) is 11.8 Å². The first kappa shape index (κ1) is 64.7. The summed E-state index contributed by atoms with van der Waals surface area (Å²) in [5, 5.41) is 1.08. The standard InChI is InChI=1S/C62H108N2O8/c1-8-10-12-14-16-18-20-22-24-26-28-33-37-41-59(65)70-50-56(51-71-60(66)42-38-34-29-27-25-23-21-19-17-15-13-11-9-2)72-61(67)47-52(3)39-35-31-30-32-36-40-53(4)62(68)64-49-54(45-46-63(5)6)57-48-55(69-7)43-44-58(57)64/h43-44,48-49,52-53,56H,8-42,45-47,50-51H2,1-7H3. The lowest BCUT2D eigenvalue weighted by Crippen LogP contribution is -2.31. The number of hydrogen-bond donors (Lipinski definition) is 0. The number of hydrogen-bond acceptors (Lipinski definition) is 9. The normalized spacial score (nSPS) is 12.5. The minimum Gasteiger partial charge on any atom is -0.497 e. The summed E-state index contributed by atoms with van der Waals surface area (Å²) in [6.07, 6.45) is 42.2. The minimum absolute atomic E-state index is 0.0839. The lowest BCUT2D eigenvalue weighted by atomic mass is 9.97. The zero-order chi connectivity index (χ0) is 52.4. The second-order valence-corrected chi connectivity index (χ2v) is 21.8. The van der Waals surface area contributed by atoms with Gasteiger partial charge in [0, 0.05) is 43.3 Å². The maximum atomic E-state index is 13.7. The molecule has 0 fully saturated rings. The van der Waals surface area contributed by atoms with Crippen molar-refractivity contribution in [1.82, 2.24) is 9.47 Å². The average Bonchev–Trinajstić information content (AvgIpc) is 3.73. The van der Waals surface area contributed by atoms with Crippen molar-refractivity contribution in [2.24, 2.45) is 11.8 Å². The molecule has 10 nitrogen and oxygen atoms in total. The van der Waals surface area contributed by atoms with Gasteiger partial charge in [0.2, 0.25) is 5.91 Å². The second-order valence-electron chi connectivity index (χ2n) is 21.8. The number of aromatic nitrogens is 1. The number of methoxy groups -OCH3 is 1. The average molecular weight is 1010 g/mol. The van der Waals surface area contributed by atoms with E-state index in [0.29, 0.717) is 12.8 Å². The summed E-state index contributed by atoms with van der Waals surface area (Å²) in [6, 6.07) is 5.96. The molecule has 2 unspecified atom stereocenters. The number of carbonyl (C=O) groups excluding carboxylic acids is 4. The van der Waals surface area contributed by atoms with E-state index < -0.39 is 6.10 Å². The zero-order valence-electron chi connectivity index (χ0n) is 47.5. The smallest absolute Gasteiger partial charge is 0.306 e. The van der Waals surface area contributed by atoms with E-state index in [9.17, 15) is 19.2 Å². The number of fused-ring (bicyclic) bond motifs is 1. The number of benzene rings is 1. The van der Waals surface area contributed by atoms with Crippen LogP contribution in [0.1, 0.15) is 269 Å². The van der Waals surface area contributed by atoms with Gasteiger partial charge < -0.3 is 23.8 Å². The molecular weight excluding hydrogens is 901 g/mol. The quantitative estimate of drug-likeness (QED) is 0.0363. The Labute approximate surface area is 440 Å². The van der Waals surface area contributed by atoms with E-state index in [0.717, 1.165) is 119 Å². The van der Waals surface area contributed by atoms with Crippen LogP contribution in [0.15, 0.2) is 24.4 Å². The van der Waals surface area contributed by atoms with Crippen LogP contribution in [0.5, 0.6) is 5.75 Å². The van der Waals surface area contributed by atoms with E-state index >= 15 is 0 Å². The fraction of sp³-hybridized carbons (Fsp3) is 0.806. The van der Waals surface area contributed by atoms with Gasteiger partial charge in [-0.1, -0.05) is 220 Å². The molecule has 0 aliphatic carbocycles. The summed E-state index contributed by atoms with van der Waals surface area (Å²) in [6.45, 7) is 9.32. The number of esters is 3. The molecule has 0 radical (unpaired) electrons. The first-order valence-electron chi connectivity index (χ1n) is 29.9. The monoisotopic (exact) mass is 1010 g/mol. The molecule has 1 aromatic carbocycles. The third-order valence-corrected chi connectivity index (χ3v) is 14.6. The first-order chi connectivity index (χ1) is 35.0. The molecule has 0 saturated heterocycles. The second kappa shape index (κ2) is 42.9. The third kappa shape index (κ3) is 32.0. The zero-order valence-corrected chi connectivity index (χ0v) is 47.5. The molecule has 0 N–H and O–H groups in total. The molecule has 0 amide bonds. The molecule has 2 rings (SSSR count). The van der Waals surface area contributed by atoms with E-state index in [2.05, 4.69) is 39.8 Å². The molecule has 0 spiro atoms. The van der Waals surface area contributed by atoms with Crippen LogP contribution in [0.4, 0.5) is 0 Å². The topological polar surface area (TPSA) is 113 Å². The van der Waals surface area contributed by atoms with Crippen LogP contribution in [0.25, 0.3) is 10.9 Å². The Hall–Kier alpha value is -3.40. The van der Waals surface area contributed by atoms with E-state index in [1.54, 1.807) is 7.11 Å². The van der Waals surface area contributed by atoms with Gasteiger partial charge in [-0.25, -0.2) is 0 Å². The van der Waals surface area contributed by atoms with Crippen LogP contribution in [0.3, 0.4) is 0 Å². The number of ether oxygens (including phenoxy) is 4. The lowest BCUT2D eigenvalue weighted by molar-refractivity contribution is -0.167. The van der Waals surface area contributed by atoms with Crippen molar-refractivity contribution in [3.8, 4) is 5.75 Å². The molecule has 1 heterocycles. The van der Waals surface area contributed by atoms with Gasteiger partial charge in [0.05, 0.1) is 12.6 Å². The maximum Gasteiger partial charge on any atom is 0.306 e. The van der Waals surface area contributed by atoms with Gasteiger partial charge in [-0.15, -0.1) is 0 Å². The van der Waals surface area contributed by atoms with Crippen LogP contribution >= 0.6 is 0 Å². The molecule has 0 aliphatic rings. The van der Waals surface area contributed by atoms with Gasteiger partial charge in [0.15, 0.2) is 6.10 Å². The summed E-state index contributed by atoms with van der Waals surface area (Å²) >= 11 is 0. The highest BCUT2D eigenvalue weighted by molar-refractivity contribution is 5.96. The van der Waals surface area contributed by atoms with Crippen molar-refractivity contribution < 1.29 is 38.1 Å². The van der Waals surface area contributed by atoms with Gasteiger partial charge in [-0.2, -0.15) is 0 Å². The van der Waals surface area contributed by atoms with Crippen molar-refractivity contribution in [3.63, 3.8) is 0 Å². The van der Waals surface area contributed by atoms with Crippen molar-refractivity contribution >= 4 is 34.7 Å². The number of rotatable bonds is 48. The Balaban J connectivity index is 1.72. The van der Waals surface area contributed by atoms with Gasteiger partial charge in [-0.05, 0) is 69.5 Å². The maximum absolute atomic E-state index is 13.7. The lowest BCUT2D eigenvalue weighted by Gasteiger charge is -2.19. The minimum atomic E-state index is -0.824. The molecule has 2 aromatic rings. The largest absolute Gasteiger partial charge is 0.497 e. The summed E-state index contributed by atoms with van der Waals surface area (Å²) in [5.41, 5.74) is 2.10. The van der Waals surface area contributed by atoms with Gasteiger partial charge >= 0.3 is 17.9 Å². The third-order valence-electron chi connectivity index (χ3n) is 14.6. The van der Waals surface area contributed by atoms with Gasteiger partial charge in [0.1, 0.15) is 19.0 Å². The van der Waals surface area contributed by atoms with Crippen LogP contribution in [-0.4, -0.2) is 80.3 Å². The molecule has 72 heavy (non-hydrogen) atoms. The highest BCUT2D eigenvalue weighted by atomic mass is 16.6. The predicted octanol–water partition coefficient (Wildman–Crippen LogP) is 16.7. The Morgan fingerprint density at radius 1 is 0.556 bits per heavy atom. The van der Waals surface area contributed by atoms with Crippen molar-refractivity contribution in [1.29, 1.82) is 0 Å². The molecule has 2 atom stereocenters. The van der Waals surface area contributed by atoms with Gasteiger partial charge in [-0.3, -0.25) is 23.7 Å². The summed E-state index contributed by atoms with van der Waals surface area (Å²) in [7, 11) is 5.80. The fourth-order valence-electron chi connectivity index (χ4n) is 9.79. The van der Waals surface area contributed by atoms with Crippen LogP contribution in [0.2, 0.25) is 0 Å². The van der Waals surface area contributed by atoms with Crippen molar-refractivity contribution in [3.05, 3.63) is 30.0 Å². The predicted molar refractivity (Wildman–Crippen MR) is 299 cm³/mol. The molecule has 0 saturated carbocycles. The Morgan fingerprint density at radius 3 is 1.43 bits per heavy atom. The Bertz CT molecular complexity index is 1640. The van der Waals surface area contributed by atoms with E-state index in [4.69, 9.17) is 18.9 Å².